The molecule has 1 aromatic carbocycles. The average molecular weight is 379 g/mol. The van der Waals surface area contributed by atoms with Crippen LogP contribution in [0.15, 0.2) is 83.2 Å². The van der Waals surface area contributed by atoms with Gasteiger partial charge in [-0.25, -0.2) is 15.0 Å². The molecule has 0 atom stereocenters. The molecule has 4 rings (SSSR count). The van der Waals surface area contributed by atoms with Crippen LogP contribution < -0.4 is 10.1 Å². The SMILES string of the molecule is c1ccc(Oc2cc(Sc3ccccn3)cnc2Nc2ncns2)cc1. The van der Waals surface area contributed by atoms with Crippen molar-refractivity contribution < 1.29 is 4.74 Å². The fraction of sp³-hybridized carbons (Fsp3) is 0. The van der Waals surface area contributed by atoms with E-state index in [9.17, 15) is 0 Å². The van der Waals surface area contributed by atoms with Gasteiger partial charge in [0.25, 0.3) is 0 Å². The maximum absolute atomic E-state index is 6.03. The third kappa shape index (κ3) is 4.16. The third-order valence-corrected chi connectivity index (χ3v) is 4.74. The van der Waals surface area contributed by atoms with E-state index in [1.54, 1.807) is 12.4 Å². The standard InChI is InChI=1S/C18H13N5OS2/c1-2-6-13(7-3-1)24-15-10-14(25-16-8-4-5-9-19-16)11-20-17(15)23-18-21-12-22-26-18/h1-12H,(H,20,21,22,23). The average Bonchev–Trinajstić information content (AvgIpc) is 3.19. The number of ether oxygens (including phenoxy) is 1. The van der Waals surface area contributed by atoms with E-state index in [0.717, 1.165) is 15.7 Å². The number of pyridine rings is 2. The van der Waals surface area contributed by atoms with Crippen LogP contribution in [0.3, 0.4) is 0 Å². The van der Waals surface area contributed by atoms with Crippen LogP contribution >= 0.6 is 23.3 Å². The Morgan fingerprint density at radius 2 is 1.85 bits per heavy atom. The molecule has 0 aliphatic carbocycles. The lowest BCUT2D eigenvalue weighted by Gasteiger charge is -2.12. The van der Waals surface area contributed by atoms with Gasteiger partial charge in [-0.2, -0.15) is 4.37 Å². The summed E-state index contributed by atoms with van der Waals surface area (Å²) < 4.78 is 10.0. The van der Waals surface area contributed by atoms with Crippen molar-refractivity contribution >= 4 is 34.2 Å². The molecule has 0 amide bonds. The molecule has 0 spiro atoms. The second kappa shape index (κ2) is 7.94. The third-order valence-electron chi connectivity index (χ3n) is 3.25. The number of benzene rings is 1. The van der Waals surface area contributed by atoms with Gasteiger partial charge in [-0.1, -0.05) is 36.0 Å². The molecule has 0 aliphatic heterocycles. The van der Waals surface area contributed by atoms with E-state index in [1.807, 2.05) is 54.6 Å². The largest absolute Gasteiger partial charge is 0.453 e. The van der Waals surface area contributed by atoms with Crippen LogP contribution in [0.25, 0.3) is 0 Å². The molecule has 128 valence electrons. The van der Waals surface area contributed by atoms with E-state index in [1.165, 1.54) is 29.6 Å². The Morgan fingerprint density at radius 3 is 2.62 bits per heavy atom. The maximum Gasteiger partial charge on any atom is 0.208 e. The molecule has 3 heterocycles. The first-order valence-corrected chi connectivity index (χ1v) is 9.31. The number of nitrogens with one attached hydrogen (secondary N) is 1. The number of para-hydroxylation sites is 1. The molecule has 1 N–H and O–H groups in total. The maximum atomic E-state index is 6.03. The molecule has 0 fully saturated rings. The van der Waals surface area contributed by atoms with Gasteiger partial charge in [0, 0.05) is 34.9 Å². The van der Waals surface area contributed by atoms with Crippen LogP contribution in [0.5, 0.6) is 11.5 Å². The van der Waals surface area contributed by atoms with Crippen molar-refractivity contribution in [2.24, 2.45) is 0 Å². The molecule has 0 unspecified atom stereocenters. The molecule has 26 heavy (non-hydrogen) atoms. The summed E-state index contributed by atoms with van der Waals surface area (Å²) in [7, 11) is 0. The van der Waals surface area contributed by atoms with Crippen LogP contribution in [-0.4, -0.2) is 19.3 Å². The molecule has 4 aromatic rings. The minimum absolute atomic E-state index is 0.580. The summed E-state index contributed by atoms with van der Waals surface area (Å²) in [6.07, 6.45) is 5.04. The molecule has 0 bridgehead atoms. The molecule has 3 aromatic heterocycles. The highest BCUT2D eigenvalue weighted by atomic mass is 32.2. The zero-order valence-electron chi connectivity index (χ0n) is 13.4. The monoisotopic (exact) mass is 379 g/mol. The smallest absolute Gasteiger partial charge is 0.208 e. The van der Waals surface area contributed by atoms with Crippen LogP contribution in [0.2, 0.25) is 0 Å². The van der Waals surface area contributed by atoms with Gasteiger partial charge in [0.15, 0.2) is 11.6 Å². The van der Waals surface area contributed by atoms with Crippen LogP contribution in [-0.2, 0) is 0 Å². The molecular formula is C18H13N5OS2. The Morgan fingerprint density at radius 1 is 0.962 bits per heavy atom. The van der Waals surface area contributed by atoms with Gasteiger partial charge < -0.3 is 10.1 Å². The molecule has 0 aliphatic rings. The quantitative estimate of drug-likeness (QED) is 0.504. The fourth-order valence-corrected chi connectivity index (χ4v) is 3.33. The van der Waals surface area contributed by atoms with E-state index < -0.39 is 0 Å². The summed E-state index contributed by atoms with van der Waals surface area (Å²) in [5, 5.41) is 4.69. The van der Waals surface area contributed by atoms with Crippen LogP contribution in [0.1, 0.15) is 0 Å². The minimum Gasteiger partial charge on any atom is -0.453 e. The van der Waals surface area contributed by atoms with Crippen molar-refractivity contribution in [1.82, 2.24) is 19.3 Å². The van der Waals surface area contributed by atoms with E-state index in [0.29, 0.717) is 16.7 Å². The molecule has 0 radical (unpaired) electrons. The summed E-state index contributed by atoms with van der Waals surface area (Å²) in [4.78, 5) is 13.9. The Hall–Kier alpha value is -2.97. The van der Waals surface area contributed by atoms with Gasteiger partial charge >= 0.3 is 0 Å². The Bertz CT molecular complexity index is 966. The Balaban J connectivity index is 1.64. The van der Waals surface area contributed by atoms with Gasteiger partial charge in [-0.3, -0.25) is 0 Å². The highest BCUT2D eigenvalue weighted by molar-refractivity contribution is 7.99. The summed E-state index contributed by atoms with van der Waals surface area (Å²) in [5.41, 5.74) is 0. The summed E-state index contributed by atoms with van der Waals surface area (Å²) >= 11 is 2.78. The van der Waals surface area contributed by atoms with Gasteiger partial charge in [0.2, 0.25) is 5.13 Å². The number of hydrogen-bond donors (Lipinski definition) is 1. The molecule has 8 heteroatoms. The van der Waals surface area contributed by atoms with Crippen molar-refractivity contribution in [1.29, 1.82) is 0 Å². The van der Waals surface area contributed by atoms with Crippen molar-refractivity contribution in [2.75, 3.05) is 5.32 Å². The normalized spacial score (nSPS) is 10.5. The first kappa shape index (κ1) is 16.5. The van der Waals surface area contributed by atoms with Gasteiger partial charge in [-0.15, -0.1) is 0 Å². The number of nitrogens with zero attached hydrogens (tertiary/aromatic N) is 4. The van der Waals surface area contributed by atoms with Crippen molar-refractivity contribution in [2.45, 2.75) is 9.92 Å². The zero-order chi connectivity index (χ0) is 17.6. The van der Waals surface area contributed by atoms with E-state index >= 15 is 0 Å². The molecular weight excluding hydrogens is 366 g/mol. The topological polar surface area (TPSA) is 72.8 Å². The van der Waals surface area contributed by atoms with Gasteiger partial charge in [0.05, 0.1) is 0 Å². The van der Waals surface area contributed by atoms with Gasteiger partial charge in [0.1, 0.15) is 17.1 Å². The first-order valence-electron chi connectivity index (χ1n) is 7.72. The number of aromatic nitrogens is 4. The lowest BCUT2D eigenvalue weighted by Crippen LogP contribution is -1.97. The Kier molecular flexibility index (Phi) is 5.04. The number of hydrogen-bond acceptors (Lipinski definition) is 8. The second-order valence-corrected chi connectivity index (χ2v) is 6.95. The Labute approximate surface area is 158 Å². The summed E-state index contributed by atoms with van der Waals surface area (Å²) in [6.45, 7) is 0. The van der Waals surface area contributed by atoms with Crippen molar-refractivity contribution in [3.05, 3.63) is 73.3 Å². The van der Waals surface area contributed by atoms with Crippen LogP contribution in [0.4, 0.5) is 10.9 Å². The first-order chi connectivity index (χ1) is 12.9. The second-order valence-electron chi connectivity index (χ2n) is 5.07. The minimum atomic E-state index is 0.580. The van der Waals surface area contributed by atoms with Crippen molar-refractivity contribution in [3.63, 3.8) is 0 Å². The number of anilines is 2. The van der Waals surface area contributed by atoms with Gasteiger partial charge in [-0.05, 0) is 24.3 Å². The van der Waals surface area contributed by atoms with E-state index in [2.05, 4.69) is 24.6 Å². The highest BCUT2D eigenvalue weighted by Gasteiger charge is 2.11. The predicted molar refractivity (Wildman–Crippen MR) is 102 cm³/mol. The lowest BCUT2D eigenvalue weighted by atomic mass is 10.3. The lowest BCUT2D eigenvalue weighted by molar-refractivity contribution is 0.481. The van der Waals surface area contributed by atoms with Crippen molar-refractivity contribution in [3.8, 4) is 11.5 Å². The van der Waals surface area contributed by atoms with E-state index in [-0.39, 0.29) is 0 Å². The predicted octanol–water partition coefficient (Wildman–Crippen LogP) is 5.02. The highest BCUT2D eigenvalue weighted by Crippen LogP contribution is 2.35. The van der Waals surface area contributed by atoms with E-state index in [4.69, 9.17) is 4.74 Å². The van der Waals surface area contributed by atoms with Crippen LogP contribution in [0, 0.1) is 0 Å². The summed E-state index contributed by atoms with van der Waals surface area (Å²) in [6, 6.07) is 17.3. The molecule has 0 saturated heterocycles. The number of rotatable bonds is 6. The molecule has 0 saturated carbocycles. The zero-order valence-corrected chi connectivity index (χ0v) is 15.1. The fourth-order valence-electron chi connectivity index (χ4n) is 2.13. The molecule has 6 nitrogen and oxygen atoms in total. The summed E-state index contributed by atoms with van der Waals surface area (Å²) in [5.74, 6) is 1.91.